The summed E-state index contributed by atoms with van der Waals surface area (Å²) in [7, 11) is 5.73. The molecule has 1 atom stereocenters. The number of carbonyl (C=O) groups excluding carboxylic acids is 2. The first kappa shape index (κ1) is 19.0. The predicted molar refractivity (Wildman–Crippen MR) is 109 cm³/mol. The van der Waals surface area contributed by atoms with Crippen molar-refractivity contribution in [2.24, 2.45) is 7.05 Å². The van der Waals surface area contributed by atoms with Crippen molar-refractivity contribution in [3.8, 4) is 0 Å². The summed E-state index contributed by atoms with van der Waals surface area (Å²) in [5, 5.41) is 3.66. The predicted octanol–water partition coefficient (Wildman–Crippen LogP) is 4.30. The molecule has 0 saturated carbocycles. The molecule has 2 aromatic rings. The maximum Gasteiger partial charge on any atom is 0.228 e. The van der Waals surface area contributed by atoms with Gasteiger partial charge in [-0.05, 0) is 31.4 Å². The fraction of sp³-hybridized carbons (Fsp3) is 0.421. The summed E-state index contributed by atoms with van der Waals surface area (Å²) in [6.45, 7) is 0. The van der Waals surface area contributed by atoms with Gasteiger partial charge in [0.2, 0.25) is 11.7 Å². The minimum Gasteiger partial charge on any atom is -0.331 e. The molecule has 1 amide bonds. The number of hydrogen-bond donors (Lipinski definition) is 1. The van der Waals surface area contributed by atoms with E-state index < -0.39 is 0 Å². The highest BCUT2D eigenvalue weighted by molar-refractivity contribution is 8.77. The summed E-state index contributed by atoms with van der Waals surface area (Å²) in [6.07, 6.45) is 8.32. The normalized spacial score (nSPS) is 16.6. The van der Waals surface area contributed by atoms with Crippen LogP contribution in [0.3, 0.4) is 0 Å². The highest BCUT2D eigenvalue weighted by atomic mass is 33.1. The molecule has 1 aromatic heterocycles. The smallest absolute Gasteiger partial charge is 0.228 e. The van der Waals surface area contributed by atoms with Crippen molar-refractivity contribution in [3.63, 3.8) is 0 Å². The van der Waals surface area contributed by atoms with Crippen molar-refractivity contribution in [3.05, 3.63) is 48.0 Å². The number of aryl methyl sites for hydroxylation is 1. The molecule has 1 fully saturated rings. The van der Waals surface area contributed by atoms with Crippen LogP contribution in [0.25, 0.3) is 0 Å². The number of carbonyl (C=O) groups is 2. The van der Waals surface area contributed by atoms with Gasteiger partial charge in [-0.2, -0.15) is 0 Å². The van der Waals surface area contributed by atoms with Crippen LogP contribution in [0.15, 0.2) is 36.7 Å². The lowest BCUT2D eigenvalue weighted by Gasteiger charge is -2.08. The molecule has 1 saturated heterocycles. The molecule has 2 heterocycles. The van der Waals surface area contributed by atoms with Crippen LogP contribution >= 0.6 is 21.6 Å². The molecular formula is C19H23N3O2S2. The van der Waals surface area contributed by atoms with Gasteiger partial charge in [0.25, 0.3) is 0 Å². The van der Waals surface area contributed by atoms with Gasteiger partial charge in [0.05, 0.1) is 0 Å². The number of unbranched alkanes of at least 4 members (excludes halogenated alkanes) is 1. The monoisotopic (exact) mass is 389 g/mol. The molecular weight excluding hydrogens is 366 g/mol. The third-order valence-corrected chi connectivity index (χ3v) is 7.35. The maximum atomic E-state index is 12.5. The Bertz CT molecular complexity index is 770. The number of imidazole rings is 1. The van der Waals surface area contributed by atoms with Crippen molar-refractivity contribution in [2.75, 3.05) is 11.1 Å². The van der Waals surface area contributed by atoms with Crippen LogP contribution in [0.2, 0.25) is 0 Å². The number of nitrogens with one attached hydrogen (secondary N) is 1. The van der Waals surface area contributed by atoms with Crippen molar-refractivity contribution in [1.82, 2.24) is 9.55 Å². The lowest BCUT2D eigenvalue weighted by atomic mass is 10.1. The summed E-state index contributed by atoms with van der Waals surface area (Å²) in [5.74, 6) is 1.49. The number of hydrogen-bond acceptors (Lipinski definition) is 5. The van der Waals surface area contributed by atoms with E-state index in [-0.39, 0.29) is 11.7 Å². The minimum atomic E-state index is -0.152. The number of benzene rings is 1. The molecule has 7 heteroatoms. The molecule has 1 aliphatic heterocycles. The van der Waals surface area contributed by atoms with E-state index in [1.165, 1.54) is 18.6 Å². The van der Waals surface area contributed by atoms with Gasteiger partial charge in [-0.25, -0.2) is 4.98 Å². The van der Waals surface area contributed by atoms with E-state index in [1.54, 1.807) is 48.3 Å². The van der Waals surface area contributed by atoms with E-state index in [1.807, 2.05) is 21.6 Å². The third kappa shape index (κ3) is 5.14. The maximum absolute atomic E-state index is 12.5. The SMILES string of the molecule is Cn1ccnc1C(=O)c1cccc(NC(=O)CCCC[C@H]2CCSS2)c1. The molecule has 1 aromatic carbocycles. The Kier molecular flexibility index (Phi) is 6.80. The molecule has 1 aliphatic rings. The summed E-state index contributed by atoms with van der Waals surface area (Å²) >= 11 is 0. The van der Waals surface area contributed by atoms with Crippen LogP contribution in [0.1, 0.15) is 48.3 Å². The molecule has 0 spiro atoms. The number of nitrogens with zero attached hydrogens (tertiary/aromatic N) is 2. The van der Waals surface area contributed by atoms with E-state index >= 15 is 0 Å². The standard InChI is InChI=1S/C19H23N3O2S2/c1-22-11-10-20-19(22)18(24)14-5-4-6-15(13-14)21-17(23)8-3-2-7-16-9-12-25-26-16/h4-6,10-11,13,16H,2-3,7-9,12H2,1H3,(H,21,23)/t16-/m0/s1. The fourth-order valence-electron chi connectivity index (χ4n) is 2.90. The van der Waals surface area contributed by atoms with Crippen LogP contribution in [0.4, 0.5) is 5.69 Å². The Morgan fingerprint density at radius 2 is 2.23 bits per heavy atom. The number of rotatable bonds is 8. The van der Waals surface area contributed by atoms with Crippen molar-refractivity contribution in [1.29, 1.82) is 0 Å². The second-order valence-electron chi connectivity index (χ2n) is 6.39. The topological polar surface area (TPSA) is 64.0 Å². The van der Waals surface area contributed by atoms with Gasteiger partial charge in [-0.15, -0.1) is 0 Å². The lowest BCUT2D eigenvalue weighted by Crippen LogP contribution is -2.13. The zero-order valence-corrected chi connectivity index (χ0v) is 16.4. The lowest BCUT2D eigenvalue weighted by molar-refractivity contribution is -0.116. The van der Waals surface area contributed by atoms with Crippen LogP contribution in [-0.2, 0) is 11.8 Å². The molecule has 138 valence electrons. The Balaban J connectivity index is 1.49. The van der Waals surface area contributed by atoms with Crippen molar-refractivity contribution >= 4 is 39.0 Å². The van der Waals surface area contributed by atoms with E-state index in [9.17, 15) is 9.59 Å². The number of amides is 1. The molecule has 1 N–H and O–H groups in total. The molecule has 0 bridgehead atoms. The van der Waals surface area contributed by atoms with Gasteiger partial charge in [-0.1, -0.05) is 40.1 Å². The zero-order valence-electron chi connectivity index (χ0n) is 14.8. The minimum absolute atomic E-state index is 0.0000376. The molecule has 5 nitrogen and oxygen atoms in total. The Hall–Kier alpha value is -1.73. The van der Waals surface area contributed by atoms with Crippen LogP contribution < -0.4 is 5.32 Å². The average Bonchev–Trinajstić information content (AvgIpc) is 3.30. The van der Waals surface area contributed by atoms with Gasteiger partial charge in [0, 0.05) is 48.1 Å². The van der Waals surface area contributed by atoms with Crippen LogP contribution in [0.5, 0.6) is 0 Å². The first-order valence-electron chi connectivity index (χ1n) is 8.83. The van der Waals surface area contributed by atoms with Gasteiger partial charge in [0.1, 0.15) is 0 Å². The van der Waals surface area contributed by atoms with E-state index in [0.29, 0.717) is 23.5 Å². The first-order chi connectivity index (χ1) is 12.6. The number of anilines is 1. The van der Waals surface area contributed by atoms with Gasteiger partial charge < -0.3 is 9.88 Å². The summed E-state index contributed by atoms with van der Waals surface area (Å²) in [4.78, 5) is 28.7. The summed E-state index contributed by atoms with van der Waals surface area (Å²) in [6, 6.07) is 7.03. The van der Waals surface area contributed by atoms with Crippen LogP contribution in [-0.4, -0.2) is 32.2 Å². The van der Waals surface area contributed by atoms with E-state index in [0.717, 1.165) is 18.1 Å². The van der Waals surface area contributed by atoms with Crippen molar-refractivity contribution in [2.45, 2.75) is 37.4 Å². The Morgan fingerprint density at radius 1 is 1.35 bits per heavy atom. The molecule has 0 unspecified atom stereocenters. The zero-order chi connectivity index (χ0) is 18.4. The third-order valence-electron chi connectivity index (χ3n) is 4.34. The van der Waals surface area contributed by atoms with Gasteiger partial charge in [-0.3, -0.25) is 9.59 Å². The highest BCUT2D eigenvalue weighted by Gasteiger charge is 2.16. The second kappa shape index (κ2) is 9.28. The summed E-state index contributed by atoms with van der Waals surface area (Å²) in [5.41, 5.74) is 1.17. The van der Waals surface area contributed by atoms with Gasteiger partial charge >= 0.3 is 0 Å². The van der Waals surface area contributed by atoms with Crippen LogP contribution in [0, 0.1) is 0 Å². The fourth-order valence-corrected chi connectivity index (χ4v) is 5.92. The van der Waals surface area contributed by atoms with E-state index in [4.69, 9.17) is 0 Å². The molecule has 0 radical (unpaired) electrons. The molecule has 26 heavy (non-hydrogen) atoms. The van der Waals surface area contributed by atoms with Gasteiger partial charge in [0.15, 0.2) is 5.82 Å². The number of ketones is 1. The average molecular weight is 390 g/mol. The molecule has 0 aliphatic carbocycles. The second-order valence-corrected chi connectivity index (χ2v) is 9.18. The van der Waals surface area contributed by atoms with E-state index in [2.05, 4.69) is 10.3 Å². The Morgan fingerprint density at radius 3 is 2.96 bits per heavy atom. The first-order valence-corrected chi connectivity index (χ1v) is 11.2. The largest absolute Gasteiger partial charge is 0.331 e. The quantitative estimate of drug-likeness (QED) is 0.414. The Labute approximate surface area is 161 Å². The molecule has 3 rings (SSSR count). The number of aromatic nitrogens is 2. The summed E-state index contributed by atoms with van der Waals surface area (Å²) < 4.78 is 1.69. The highest BCUT2D eigenvalue weighted by Crippen LogP contribution is 2.39. The van der Waals surface area contributed by atoms with Crippen molar-refractivity contribution < 1.29 is 9.59 Å².